The average Bonchev–Trinajstić information content (AvgIpc) is 3.62. The molecule has 4 aromatic rings. The van der Waals surface area contributed by atoms with E-state index < -0.39 is 28.5 Å². The fourth-order valence-corrected chi connectivity index (χ4v) is 7.65. The predicted octanol–water partition coefficient (Wildman–Crippen LogP) is 6.21. The van der Waals surface area contributed by atoms with E-state index >= 15 is 0 Å². The van der Waals surface area contributed by atoms with Crippen molar-refractivity contribution in [1.82, 2.24) is 10.2 Å². The highest BCUT2D eigenvalue weighted by molar-refractivity contribution is 7.92. The second-order valence-electron chi connectivity index (χ2n) is 12.6. The van der Waals surface area contributed by atoms with Gasteiger partial charge in [0, 0.05) is 19.0 Å². The van der Waals surface area contributed by atoms with Gasteiger partial charge in [-0.3, -0.25) is 13.9 Å². The van der Waals surface area contributed by atoms with E-state index in [2.05, 4.69) is 5.32 Å². The minimum atomic E-state index is -4.27. The van der Waals surface area contributed by atoms with Crippen molar-refractivity contribution in [1.29, 1.82) is 0 Å². The van der Waals surface area contributed by atoms with E-state index in [1.807, 2.05) is 74.5 Å². The molecule has 5 rings (SSSR count). The lowest BCUT2D eigenvalue weighted by atomic mass is 10.0. The third-order valence-electron chi connectivity index (χ3n) is 8.95. The fourth-order valence-electron chi connectivity index (χ4n) is 6.23. The van der Waals surface area contributed by atoms with Gasteiger partial charge < -0.3 is 19.7 Å². The lowest BCUT2D eigenvalue weighted by Gasteiger charge is -2.34. The number of nitrogens with one attached hydrogen (secondary N) is 1. The lowest BCUT2D eigenvalue weighted by Crippen LogP contribution is -2.54. The molecule has 0 unspecified atom stereocenters. The standard InChI is InChI=1S/C39H45N3O6S/c1-28-17-20-34(21-18-28)49(45,46)42(35-23-29(2)19-22-37(35)48-4)27-38(43)41(26-31-13-10-16-33(24-31)47-3)36(25-30-11-6-5-7-12-30)39(44)40-32-14-8-9-15-32/h5-7,10-13,16-24,32,36H,8-9,14-15,25-27H2,1-4H3,(H,40,44)/t36-/m1/s1. The van der Waals surface area contributed by atoms with Gasteiger partial charge in [0.2, 0.25) is 11.8 Å². The number of benzene rings is 4. The SMILES string of the molecule is COc1cccc(CN(C(=O)CN(c2cc(C)ccc2OC)S(=O)(=O)c2ccc(C)cc2)[C@H](Cc2ccccc2)C(=O)NC2CCCC2)c1. The Morgan fingerprint density at radius 2 is 1.49 bits per heavy atom. The molecule has 0 bridgehead atoms. The second-order valence-corrected chi connectivity index (χ2v) is 14.4. The van der Waals surface area contributed by atoms with Gasteiger partial charge in [-0.1, -0.05) is 79.1 Å². The van der Waals surface area contributed by atoms with Crippen LogP contribution in [0.2, 0.25) is 0 Å². The van der Waals surface area contributed by atoms with Crippen molar-refractivity contribution >= 4 is 27.5 Å². The Kier molecular flexibility index (Phi) is 11.6. The third kappa shape index (κ3) is 8.80. The number of carbonyl (C=O) groups excluding carboxylic acids is 2. The first kappa shape index (κ1) is 35.5. The highest BCUT2D eigenvalue weighted by Gasteiger charge is 2.36. The summed E-state index contributed by atoms with van der Waals surface area (Å²) in [5.41, 5.74) is 3.53. The van der Waals surface area contributed by atoms with Gasteiger partial charge in [-0.15, -0.1) is 0 Å². The van der Waals surface area contributed by atoms with Gasteiger partial charge >= 0.3 is 0 Å². The van der Waals surface area contributed by atoms with Gasteiger partial charge in [0.1, 0.15) is 24.1 Å². The summed E-state index contributed by atoms with van der Waals surface area (Å²) < 4.78 is 41.1. The number of aryl methyl sites for hydroxylation is 2. The van der Waals surface area contributed by atoms with Gasteiger partial charge in [-0.25, -0.2) is 8.42 Å². The summed E-state index contributed by atoms with van der Waals surface area (Å²) in [5, 5.41) is 3.21. The van der Waals surface area contributed by atoms with Crippen LogP contribution in [0, 0.1) is 13.8 Å². The molecule has 1 fully saturated rings. The van der Waals surface area contributed by atoms with Crippen LogP contribution in [-0.4, -0.2) is 58.0 Å². The number of sulfonamides is 1. The van der Waals surface area contributed by atoms with E-state index in [1.165, 1.54) is 24.1 Å². The number of hydrogen-bond donors (Lipinski definition) is 1. The number of hydrogen-bond acceptors (Lipinski definition) is 6. The molecule has 258 valence electrons. The highest BCUT2D eigenvalue weighted by Crippen LogP contribution is 2.34. The molecule has 1 aliphatic carbocycles. The summed E-state index contributed by atoms with van der Waals surface area (Å²) in [6, 6.07) is 27.7. The zero-order chi connectivity index (χ0) is 35.0. The van der Waals surface area contributed by atoms with Crippen molar-refractivity contribution in [3.8, 4) is 11.5 Å². The maximum Gasteiger partial charge on any atom is 0.264 e. The number of anilines is 1. The molecule has 1 atom stereocenters. The Labute approximate surface area is 289 Å². The molecule has 0 aromatic heterocycles. The van der Waals surface area contributed by atoms with Crippen molar-refractivity contribution in [3.63, 3.8) is 0 Å². The molecule has 1 aliphatic rings. The van der Waals surface area contributed by atoms with Gasteiger partial charge in [0.15, 0.2) is 0 Å². The molecule has 0 spiro atoms. The van der Waals surface area contributed by atoms with Crippen molar-refractivity contribution in [3.05, 3.63) is 119 Å². The monoisotopic (exact) mass is 683 g/mol. The van der Waals surface area contributed by atoms with E-state index in [0.717, 1.165) is 52.2 Å². The van der Waals surface area contributed by atoms with Crippen LogP contribution in [0.3, 0.4) is 0 Å². The number of rotatable bonds is 14. The molecule has 4 aromatic carbocycles. The van der Waals surface area contributed by atoms with Crippen LogP contribution in [0.5, 0.6) is 11.5 Å². The summed E-state index contributed by atoms with van der Waals surface area (Å²) in [5.74, 6) is 0.0962. The molecule has 0 heterocycles. The van der Waals surface area contributed by atoms with Crippen molar-refractivity contribution in [2.24, 2.45) is 0 Å². The van der Waals surface area contributed by atoms with E-state index in [1.54, 1.807) is 31.4 Å². The van der Waals surface area contributed by atoms with E-state index in [4.69, 9.17) is 9.47 Å². The highest BCUT2D eigenvalue weighted by atomic mass is 32.2. The molecule has 49 heavy (non-hydrogen) atoms. The molecule has 0 radical (unpaired) electrons. The van der Waals surface area contributed by atoms with Crippen LogP contribution in [0.15, 0.2) is 102 Å². The van der Waals surface area contributed by atoms with Gasteiger partial charge in [0.25, 0.3) is 10.0 Å². The molecule has 0 saturated heterocycles. The quantitative estimate of drug-likeness (QED) is 0.169. The largest absolute Gasteiger partial charge is 0.497 e. The molecule has 1 saturated carbocycles. The second kappa shape index (κ2) is 16.0. The van der Waals surface area contributed by atoms with Crippen LogP contribution in [-0.2, 0) is 32.6 Å². The molecule has 1 N–H and O–H groups in total. The third-order valence-corrected chi connectivity index (χ3v) is 10.7. The minimum absolute atomic E-state index is 0.0227. The van der Waals surface area contributed by atoms with Crippen molar-refractivity contribution in [2.75, 3.05) is 25.1 Å². The minimum Gasteiger partial charge on any atom is -0.497 e. The molecule has 0 aliphatic heterocycles. The first-order chi connectivity index (χ1) is 23.6. The molecule has 9 nitrogen and oxygen atoms in total. The Morgan fingerprint density at radius 3 is 2.16 bits per heavy atom. The van der Waals surface area contributed by atoms with Gasteiger partial charge in [-0.2, -0.15) is 0 Å². The van der Waals surface area contributed by atoms with E-state index in [9.17, 15) is 18.0 Å². The maximum absolute atomic E-state index is 14.8. The fraction of sp³-hybridized carbons (Fsp3) is 0.333. The van der Waals surface area contributed by atoms with Crippen molar-refractivity contribution in [2.45, 2.75) is 69.5 Å². The number of amides is 2. The summed E-state index contributed by atoms with van der Waals surface area (Å²) in [4.78, 5) is 30.6. The average molecular weight is 684 g/mol. The Balaban J connectivity index is 1.61. The first-order valence-corrected chi connectivity index (χ1v) is 18.0. The molecular weight excluding hydrogens is 639 g/mol. The summed E-state index contributed by atoms with van der Waals surface area (Å²) >= 11 is 0. The smallest absolute Gasteiger partial charge is 0.264 e. The number of ether oxygens (including phenoxy) is 2. The first-order valence-electron chi connectivity index (χ1n) is 16.6. The lowest BCUT2D eigenvalue weighted by molar-refractivity contribution is -0.140. The van der Waals surface area contributed by atoms with Gasteiger partial charge in [0.05, 0.1) is 24.8 Å². The Morgan fingerprint density at radius 1 is 0.816 bits per heavy atom. The zero-order valence-corrected chi connectivity index (χ0v) is 29.4. The topological polar surface area (TPSA) is 105 Å². The zero-order valence-electron chi connectivity index (χ0n) is 28.6. The van der Waals surface area contributed by atoms with Gasteiger partial charge in [-0.05, 0) is 79.8 Å². The summed E-state index contributed by atoms with van der Waals surface area (Å²) in [6.45, 7) is 3.21. The van der Waals surface area contributed by atoms with E-state index in [-0.39, 0.29) is 35.5 Å². The summed E-state index contributed by atoms with van der Waals surface area (Å²) in [7, 11) is -1.24. The maximum atomic E-state index is 14.8. The van der Waals surface area contributed by atoms with Crippen LogP contribution in [0.1, 0.15) is 47.9 Å². The Bertz CT molecular complexity index is 1840. The van der Waals surface area contributed by atoms with Crippen LogP contribution in [0.4, 0.5) is 5.69 Å². The van der Waals surface area contributed by atoms with Crippen LogP contribution < -0.4 is 19.1 Å². The molecular formula is C39H45N3O6S. The number of nitrogens with zero attached hydrogens (tertiary/aromatic N) is 2. The molecule has 2 amide bonds. The number of methoxy groups -OCH3 is 2. The van der Waals surface area contributed by atoms with Crippen LogP contribution in [0.25, 0.3) is 0 Å². The Hall–Kier alpha value is -4.83. The molecule has 10 heteroatoms. The van der Waals surface area contributed by atoms with Crippen LogP contribution >= 0.6 is 0 Å². The number of carbonyl (C=O) groups is 2. The normalized spacial score (nSPS) is 13.8. The predicted molar refractivity (Wildman–Crippen MR) is 191 cm³/mol. The van der Waals surface area contributed by atoms with E-state index in [0.29, 0.717) is 11.5 Å². The van der Waals surface area contributed by atoms with Crippen molar-refractivity contribution < 1.29 is 27.5 Å². The summed E-state index contributed by atoms with van der Waals surface area (Å²) in [6.07, 6.45) is 4.07.